The number of pyridine rings is 1. The number of rotatable bonds is 4. The van der Waals surface area contributed by atoms with Gasteiger partial charge in [0.25, 0.3) is 10.1 Å². The molecule has 1 aromatic rings. The average Bonchev–Trinajstić information content (AvgIpc) is 2.51. The highest BCUT2D eigenvalue weighted by Gasteiger charge is 2.27. The Kier molecular flexibility index (Phi) is 6.36. The second kappa shape index (κ2) is 7.98. The van der Waals surface area contributed by atoms with Gasteiger partial charge in [0.1, 0.15) is 11.4 Å². The molecule has 1 aliphatic rings. The van der Waals surface area contributed by atoms with Crippen LogP contribution in [0.25, 0.3) is 0 Å². The quantitative estimate of drug-likeness (QED) is 0.710. The van der Waals surface area contributed by atoms with E-state index in [9.17, 15) is 13.2 Å². The van der Waals surface area contributed by atoms with Gasteiger partial charge in [-0.1, -0.05) is 11.6 Å². The molecule has 10 heteroatoms. The molecule has 1 aromatic heterocycles. The first kappa shape index (κ1) is 20.7. The number of hydrogen-bond acceptors (Lipinski definition) is 7. The lowest BCUT2D eigenvalue weighted by molar-refractivity contribution is 0.0240. The molecule has 0 saturated carbocycles. The molecule has 0 bridgehead atoms. The molecule has 2 heterocycles. The van der Waals surface area contributed by atoms with E-state index in [4.69, 9.17) is 20.5 Å². The molecule has 0 spiro atoms. The average molecular weight is 406 g/mol. The van der Waals surface area contributed by atoms with Crippen LogP contribution in [0.5, 0.6) is 0 Å². The fourth-order valence-electron chi connectivity index (χ4n) is 2.38. The van der Waals surface area contributed by atoms with Crippen molar-refractivity contribution in [2.45, 2.75) is 33.0 Å². The molecular formula is C16H24ClN3O5S. The van der Waals surface area contributed by atoms with Gasteiger partial charge in [0.05, 0.1) is 17.9 Å². The molecule has 0 aromatic carbocycles. The molecule has 0 radical (unpaired) electrons. The van der Waals surface area contributed by atoms with Crippen molar-refractivity contribution < 1.29 is 22.1 Å². The highest BCUT2D eigenvalue weighted by Crippen LogP contribution is 2.26. The van der Waals surface area contributed by atoms with E-state index >= 15 is 0 Å². The molecule has 146 valence electrons. The van der Waals surface area contributed by atoms with Crippen LogP contribution in [0.3, 0.4) is 0 Å². The van der Waals surface area contributed by atoms with Crippen molar-refractivity contribution >= 4 is 33.6 Å². The predicted molar refractivity (Wildman–Crippen MR) is 98.9 cm³/mol. The first-order valence-corrected chi connectivity index (χ1v) is 10.4. The first-order chi connectivity index (χ1) is 11.9. The van der Waals surface area contributed by atoms with E-state index in [0.717, 1.165) is 6.26 Å². The Labute approximate surface area is 159 Å². The first-order valence-electron chi connectivity index (χ1n) is 8.16. The summed E-state index contributed by atoms with van der Waals surface area (Å²) in [5.74, 6) is 0.596. The van der Waals surface area contributed by atoms with Crippen LogP contribution in [-0.4, -0.2) is 62.4 Å². The molecule has 8 nitrogen and oxygen atoms in total. The molecule has 1 amide bonds. The van der Waals surface area contributed by atoms with E-state index < -0.39 is 15.7 Å². The normalized spacial score (nSPS) is 15.9. The SMILES string of the molecule is CC(C)(C)OC(=O)N1CCN(c2ncc(COS(C)(=O)=O)cc2Cl)CC1. The molecule has 2 rings (SSSR count). The van der Waals surface area contributed by atoms with Crippen LogP contribution in [0.2, 0.25) is 5.02 Å². The number of aromatic nitrogens is 1. The molecule has 0 N–H and O–H groups in total. The summed E-state index contributed by atoms with van der Waals surface area (Å²) in [5.41, 5.74) is 0.0414. The third-order valence-electron chi connectivity index (χ3n) is 3.55. The number of carbonyl (C=O) groups is 1. The highest BCUT2D eigenvalue weighted by molar-refractivity contribution is 7.85. The minimum absolute atomic E-state index is 0.113. The zero-order valence-corrected chi connectivity index (χ0v) is 16.9. The fourth-order valence-corrected chi connectivity index (χ4v) is 3.04. The minimum Gasteiger partial charge on any atom is -0.444 e. The molecule has 0 aliphatic carbocycles. The highest BCUT2D eigenvalue weighted by atomic mass is 35.5. The van der Waals surface area contributed by atoms with Gasteiger partial charge in [0.2, 0.25) is 0 Å². The van der Waals surface area contributed by atoms with Crippen LogP contribution in [0.1, 0.15) is 26.3 Å². The fraction of sp³-hybridized carbons (Fsp3) is 0.625. The summed E-state index contributed by atoms with van der Waals surface area (Å²) in [6.45, 7) is 7.55. The molecule has 26 heavy (non-hydrogen) atoms. The summed E-state index contributed by atoms with van der Waals surface area (Å²) in [6.07, 6.45) is 2.19. The zero-order chi connectivity index (χ0) is 19.5. The Hall–Kier alpha value is -1.58. The standard InChI is InChI=1S/C16H24ClN3O5S/c1-16(2,3)25-15(21)20-7-5-19(6-8-20)14-13(17)9-12(10-18-14)11-24-26(4,22)23/h9-10H,5-8,11H2,1-4H3. The molecule has 1 saturated heterocycles. The van der Waals surface area contributed by atoms with Crippen molar-refractivity contribution in [1.82, 2.24) is 9.88 Å². The van der Waals surface area contributed by atoms with E-state index in [1.807, 2.05) is 25.7 Å². The van der Waals surface area contributed by atoms with Crippen LogP contribution >= 0.6 is 11.6 Å². The van der Waals surface area contributed by atoms with Crippen molar-refractivity contribution in [2.24, 2.45) is 0 Å². The number of halogens is 1. The molecular weight excluding hydrogens is 382 g/mol. The molecule has 1 aliphatic heterocycles. The van der Waals surface area contributed by atoms with Crippen molar-refractivity contribution in [3.05, 3.63) is 22.8 Å². The third-order valence-corrected chi connectivity index (χ3v) is 4.37. The second-order valence-electron chi connectivity index (χ2n) is 7.07. The maximum absolute atomic E-state index is 12.1. The topological polar surface area (TPSA) is 89.0 Å². The number of carbonyl (C=O) groups excluding carboxylic acids is 1. The Bertz CT molecular complexity index is 756. The Morgan fingerprint density at radius 2 is 1.88 bits per heavy atom. The van der Waals surface area contributed by atoms with E-state index in [1.54, 1.807) is 11.0 Å². The van der Waals surface area contributed by atoms with Crippen LogP contribution in [-0.2, 0) is 25.6 Å². The summed E-state index contributed by atoms with van der Waals surface area (Å²) in [6, 6.07) is 1.63. The summed E-state index contributed by atoms with van der Waals surface area (Å²) in [7, 11) is -3.52. The van der Waals surface area contributed by atoms with Gasteiger partial charge in [-0.05, 0) is 32.4 Å². The lowest BCUT2D eigenvalue weighted by atomic mass is 10.2. The maximum Gasteiger partial charge on any atom is 0.410 e. The van der Waals surface area contributed by atoms with E-state index in [1.165, 1.54) is 6.20 Å². The molecule has 0 atom stereocenters. The lowest BCUT2D eigenvalue weighted by Crippen LogP contribution is -2.50. The summed E-state index contributed by atoms with van der Waals surface area (Å²) >= 11 is 6.28. The number of amides is 1. The van der Waals surface area contributed by atoms with E-state index in [-0.39, 0.29) is 12.7 Å². The van der Waals surface area contributed by atoms with Crippen molar-refractivity contribution in [1.29, 1.82) is 0 Å². The molecule has 1 fully saturated rings. The summed E-state index contributed by atoms with van der Waals surface area (Å²) < 4.78 is 32.2. The molecule has 0 unspecified atom stereocenters. The smallest absolute Gasteiger partial charge is 0.410 e. The zero-order valence-electron chi connectivity index (χ0n) is 15.4. The Balaban J connectivity index is 1.96. The largest absolute Gasteiger partial charge is 0.444 e. The maximum atomic E-state index is 12.1. The van der Waals surface area contributed by atoms with Crippen LogP contribution in [0, 0.1) is 0 Å². The van der Waals surface area contributed by atoms with Crippen molar-refractivity contribution in [3.8, 4) is 0 Å². The lowest BCUT2D eigenvalue weighted by Gasteiger charge is -2.36. The van der Waals surface area contributed by atoms with E-state index in [2.05, 4.69) is 4.98 Å². The number of piperazine rings is 1. The van der Waals surface area contributed by atoms with Crippen LogP contribution < -0.4 is 4.90 Å². The van der Waals surface area contributed by atoms with Gasteiger partial charge < -0.3 is 14.5 Å². The van der Waals surface area contributed by atoms with Crippen LogP contribution in [0.4, 0.5) is 10.6 Å². The monoisotopic (exact) mass is 405 g/mol. The predicted octanol–water partition coefficient (Wildman–Crippen LogP) is 2.27. The number of anilines is 1. The van der Waals surface area contributed by atoms with Gasteiger partial charge in [-0.2, -0.15) is 8.42 Å². The summed E-state index contributed by atoms with van der Waals surface area (Å²) in [4.78, 5) is 20.1. The van der Waals surface area contributed by atoms with Gasteiger partial charge in [-0.25, -0.2) is 9.78 Å². The second-order valence-corrected chi connectivity index (χ2v) is 9.12. The third kappa shape index (κ3) is 6.30. The minimum atomic E-state index is -3.52. The van der Waals surface area contributed by atoms with Gasteiger partial charge >= 0.3 is 6.09 Å². The Morgan fingerprint density at radius 3 is 2.38 bits per heavy atom. The number of nitrogens with zero attached hydrogens (tertiary/aromatic N) is 3. The van der Waals surface area contributed by atoms with Gasteiger partial charge in [0, 0.05) is 32.4 Å². The Morgan fingerprint density at radius 1 is 1.27 bits per heavy atom. The van der Waals surface area contributed by atoms with Crippen molar-refractivity contribution in [3.63, 3.8) is 0 Å². The van der Waals surface area contributed by atoms with Crippen molar-refractivity contribution in [2.75, 3.05) is 37.3 Å². The van der Waals surface area contributed by atoms with Gasteiger partial charge in [-0.3, -0.25) is 4.18 Å². The van der Waals surface area contributed by atoms with Gasteiger partial charge in [-0.15, -0.1) is 0 Å². The van der Waals surface area contributed by atoms with Crippen LogP contribution in [0.15, 0.2) is 12.3 Å². The van der Waals surface area contributed by atoms with E-state index in [0.29, 0.717) is 42.6 Å². The number of hydrogen-bond donors (Lipinski definition) is 0. The summed E-state index contributed by atoms with van der Waals surface area (Å²) in [5, 5.41) is 0.408. The number of ether oxygens (including phenoxy) is 1. The van der Waals surface area contributed by atoms with Gasteiger partial charge in [0.15, 0.2) is 0 Å².